The van der Waals surface area contributed by atoms with Crippen molar-refractivity contribution < 1.29 is 18.7 Å². The van der Waals surface area contributed by atoms with Gasteiger partial charge >= 0.3 is 0 Å². The molecule has 0 unspecified atom stereocenters. The summed E-state index contributed by atoms with van der Waals surface area (Å²) in [6.07, 6.45) is 2.82. The minimum atomic E-state index is -0.756. The number of carbonyl (C=O) groups excluding carboxylic acids is 1. The van der Waals surface area contributed by atoms with E-state index in [1.807, 2.05) is 0 Å². The van der Waals surface area contributed by atoms with Crippen molar-refractivity contribution in [1.29, 1.82) is 0 Å². The minimum Gasteiger partial charge on any atom is -0.391 e. The van der Waals surface area contributed by atoms with Crippen LogP contribution in [0.1, 0.15) is 28.9 Å². The molecule has 24 heavy (non-hydrogen) atoms. The molecule has 1 fully saturated rings. The molecule has 1 N–H and O–H groups in total. The number of likely N-dealkylation sites (N-methyl/N-ethyl adjacent to an activating group) is 1. The Kier molecular flexibility index (Phi) is 4.36. The van der Waals surface area contributed by atoms with Gasteiger partial charge in [-0.1, -0.05) is 6.07 Å². The van der Waals surface area contributed by atoms with Crippen LogP contribution in [-0.2, 0) is 0 Å². The summed E-state index contributed by atoms with van der Waals surface area (Å²) in [6.45, 7) is 1.87. The number of hydrogen-bond acceptors (Lipinski definition) is 3. The average molecular weight is 335 g/mol. The van der Waals surface area contributed by atoms with E-state index in [0.29, 0.717) is 5.56 Å². The molecular formula is C17H19F2N3O2. The Balaban J connectivity index is 1.84. The number of aromatic nitrogens is 2. The smallest absolute Gasteiger partial charge is 0.274 e. The monoisotopic (exact) mass is 335 g/mol. The summed E-state index contributed by atoms with van der Waals surface area (Å²) in [7, 11) is 1.58. The Morgan fingerprint density at radius 1 is 1.42 bits per heavy atom. The number of aliphatic hydroxyl groups excluding tert-OH is 1. The van der Waals surface area contributed by atoms with Crippen LogP contribution in [0, 0.1) is 24.5 Å². The van der Waals surface area contributed by atoms with E-state index in [2.05, 4.69) is 5.10 Å². The molecule has 0 bridgehead atoms. The highest BCUT2D eigenvalue weighted by atomic mass is 19.1. The van der Waals surface area contributed by atoms with Crippen LogP contribution < -0.4 is 0 Å². The van der Waals surface area contributed by atoms with Crippen molar-refractivity contribution in [3.8, 4) is 5.69 Å². The molecule has 128 valence electrons. The number of carbonyl (C=O) groups is 1. The van der Waals surface area contributed by atoms with Gasteiger partial charge in [0.25, 0.3) is 5.91 Å². The van der Waals surface area contributed by atoms with Crippen molar-refractivity contribution in [2.24, 2.45) is 5.92 Å². The lowest BCUT2D eigenvalue weighted by Crippen LogP contribution is -2.35. The Labute approximate surface area is 138 Å². The average Bonchev–Trinajstić information content (AvgIpc) is 3.30. The van der Waals surface area contributed by atoms with E-state index >= 15 is 0 Å². The van der Waals surface area contributed by atoms with Crippen LogP contribution in [0.15, 0.2) is 24.4 Å². The van der Waals surface area contributed by atoms with Gasteiger partial charge in [0.15, 0.2) is 17.3 Å². The Morgan fingerprint density at radius 2 is 2.04 bits per heavy atom. The summed E-state index contributed by atoms with van der Waals surface area (Å²) in [5.41, 5.74) is 0.305. The van der Waals surface area contributed by atoms with Crippen LogP contribution >= 0.6 is 0 Å². The maximum absolute atomic E-state index is 13.9. The van der Waals surface area contributed by atoms with Crippen LogP contribution in [0.25, 0.3) is 5.69 Å². The lowest BCUT2D eigenvalue weighted by molar-refractivity contribution is 0.0639. The van der Waals surface area contributed by atoms with Gasteiger partial charge in [0.05, 0.1) is 6.10 Å². The molecular weight excluding hydrogens is 316 g/mol. The SMILES string of the molecule is Cc1cn(-c2c(F)cccc2F)nc1C(=O)N(C)C[C@@H](O)C1CC1. The van der Waals surface area contributed by atoms with Gasteiger partial charge < -0.3 is 10.0 Å². The van der Waals surface area contributed by atoms with Gasteiger partial charge in [0.2, 0.25) is 0 Å². The normalized spacial score (nSPS) is 15.4. The molecule has 0 aliphatic heterocycles. The zero-order valence-electron chi connectivity index (χ0n) is 13.5. The molecule has 1 aromatic carbocycles. The first-order chi connectivity index (χ1) is 11.4. The molecule has 1 saturated carbocycles. The van der Waals surface area contributed by atoms with Gasteiger partial charge in [0, 0.05) is 25.4 Å². The van der Waals surface area contributed by atoms with Gasteiger partial charge in [-0.05, 0) is 37.8 Å². The first-order valence-electron chi connectivity index (χ1n) is 7.82. The molecule has 7 heteroatoms. The second-order valence-electron chi connectivity index (χ2n) is 6.27. The van der Waals surface area contributed by atoms with E-state index in [4.69, 9.17) is 0 Å². The predicted molar refractivity (Wildman–Crippen MR) is 83.9 cm³/mol. The Bertz CT molecular complexity index is 751. The highest BCUT2D eigenvalue weighted by Gasteiger charge is 2.32. The molecule has 0 saturated heterocycles. The van der Waals surface area contributed by atoms with Crippen LogP contribution in [-0.4, -0.2) is 45.4 Å². The van der Waals surface area contributed by atoms with Gasteiger partial charge in [-0.3, -0.25) is 4.79 Å². The number of halogens is 2. The summed E-state index contributed by atoms with van der Waals surface area (Å²) >= 11 is 0. The predicted octanol–water partition coefficient (Wildman–Crippen LogP) is 2.30. The van der Waals surface area contributed by atoms with Crippen LogP contribution in [0.3, 0.4) is 0 Å². The van der Waals surface area contributed by atoms with Crippen LogP contribution in [0.2, 0.25) is 0 Å². The van der Waals surface area contributed by atoms with Crippen molar-refractivity contribution in [3.05, 3.63) is 47.3 Å². The summed E-state index contributed by atoms with van der Waals surface area (Å²) in [6, 6.07) is 3.54. The van der Waals surface area contributed by atoms with E-state index in [1.165, 1.54) is 17.2 Å². The first-order valence-corrected chi connectivity index (χ1v) is 7.82. The molecule has 2 aromatic rings. The number of aryl methyl sites for hydroxylation is 1. The summed E-state index contributed by atoms with van der Waals surface area (Å²) in [4.78, 5) is 13.9. The highest BCUT2D eigenvalue weighted by Crippen LogP contribution is 2.32. The lowest BCUT2D eigenvalue weighted by atomic mass is 10.2. The summed E-state index contributed by atoms with van der Waals surface area (Å²) in [5, 5.41) is 14.0. The summed E-state index contributed by atoms with van der Waals surface area (Å²) < 4.78 is 28.8. The molecule has 1 aromatic heterocycles. The third-order valence-corrected chi connectivity index (χ3v) is 4.24. The number of hydrogen-bond donors (Lipinski definition) is 1. The van der Waals surface area contributed by atoms with Gasteiger partial charge in [-0.2, -0.15) is 5.10 Å². The van der Waals surface area contributed by atoms with Gasteiger partial charge in [-0.25, -0.2) is 13.5 Å². The van der Waals surface area contributed by atoms with Gasteiger partial charge in [0.1, 0.15) is 5.69 Å². The second kappa shape index (κ2) is 6.32. The Morgan fingerprint density at radius 3 is 2.62 bits per heavy atom. The van der Waals surface area contributed by atoms with E-state index in [-0.39, 0.29) is 29.8 Å². The molecule has 1 aliphatic rings. The zero-order chi connectivity index (χ0) is 17.4. The summed E-state index contributed by atoms with van der Waals surface area (Å²) in [5.74, 6) is -1.64. The molecule has 1 amide bonds. The molecule has 0 radical (unpaired) electrons. The number of benzene rings is 1. The highest BCUT2D eigenvalue weighted by molar-refractivity contribution is 5.93. The number of nitrogens with zero attached hydrogens (tertiary/aromatic N) is 3. The minimum absolute atomic E-state index is 0.114. The van der Waals surface area contributed by atoms with Crippen molar-refractivity contribution >= 4 is 5.91 Å². The van der Waals surface area contributed by atoms with Crippen LogP contribution in [0.5, 0.6) is 0 Å². The fourth-order valence-corrected chi connectivity index (χ4v) is 2.67. The van der Waals surface area contributed by atoms with Crippen LogP contribution in [0.4, 0.5) is 8.78 Å². The molecule has 5 nitrogen and oxygen atoms in total. The van der Waals surface area contributed by atoms with Crippen molar-refractivity contribution in [2.75, 3.05) is 13.6 Å². The fourth-order valence-electron chi connectivity index (χ4n) is 2.67. The van der Waals surface area contributed by atoms with E-state index < -0.39 is 17.7 Å². The van der Waals surface area contributed by atoms with Crippen molar-refractivity contribution in [2.45, 2.75) is 25.9 Å². The van der Waals surface area contributed by atoms with E-state index in [9.17, 15) is 18.7 Å². The third-order valence-electron chi connectivity index (χ3n) is 4.24. The third kappa shape index (κ3) is 3.17. The molecule has 3 rings (SSSR count). The molecule has 1 atom stereocenters. The maximum atomic E-state index is 13.9. The zero-order valence-corrected chi connectivity index (χ0v) is 13.5. The van der Waals surface area contributed by atoms with Crippen molar-refractivity contribution in [1.82, 2.24) is 14.7 Å². The quantitative estimate of drug-likeness (QED) is 0.912. The second-order valence-corrected chi connectivity index (χ2v) is 6.27. The van der Waals surface area contributed by atoms with E-state index in [1.54, 1.807) is 14.0 Å². The molecule has 1 aliphatic carbocycles. The maximum Gasteiger partial charge on any atom is 0.274 e. The van der Waals surface area contributed by atoms with Crippen molar-refractivity contribution in [3.63, 3.8) is 0 Å². The molecule has 0 spiro atoms. The fraction of sp³-hybridized carbons (Fsp3) is 0.412. The largest absolute Gasteiger partial charge is 0.391 e. The topological polar surface area (TPSA) is 58.4 Å². The number of aliphatic hydroxyl groups is 1. The number of rotatable bonds is 5. The number of para-hydroxylation sites is 1. The number of amides is 1. The Hall–Kier alpha value is -2.28. The van der Waals surface area contributed by atoms with E-state index in [0.717, 1.165) is 29.7 Å². The van der Waals surface area contributed by atoms with Gasteiger partial charge in [-0.15, -0.1) is 0 Å². The first kappa shape index (κ1) is 16.6. The standard InChI is InChI=1S/C17H19F2N3O2/c1-10-8-22(16-12(18)4-3-5-13(16)19)20-15(10)17(24)21(2)9-14(23)11-6-7-11/h3-5,8,11,14,23H,6-7,9H2,1-2H3/t14-/m1/s1. The lowest BCUT2D eigenvalue weighted by Gasteiger charge is -2.20. The molecule has 1 heterocycles.